The Morgan fingerprint density at radius 3 is 2.68 bits per heavy atom. The third-order valence-electron chi connectivity index (χ3n) is 7.45. The van der Waals surface area contributed by atoms with Crippen molar-refractivity contribution in [3.8, 4) is 11.5 Å². The van der Waals surface area contributed by atoms with Crippen LogP contribution in [0.15, 0.2) is 35.7 Å². The van der Waals surface area contributed by atoms with Crippen LogP contribution in [0.3, 0.4) is 0 Å². The fourth-order valence-electron chi connectivity index (χ4n) is 5.42. The number of amides is 2. The van der Waals surface area contributed by atoms with Crippen LogP contribution < -0.4 is 19.7 Å². The van der Waals surface area contributed by atoms with Gasteiger partial charge in [-0.2, -0.15) is 0 Å². The van der Waals surface area contributed by atoms with Gasteiger partial charge in [0.1, 0.15) is 22.7 Å². The molecule has 2 aliphatic rings. The quantitative estimate of drug-likeness (QED) is 0.566. The second kappa shape index (κ2) is 8.65. The number of ether oxygens (including phenoxy) is 2. The minimum absolute atomic E-state index is 0.106. The molecule has 34 heavy (non-hydrogen) atoms. The van der Waals surface area contributed by atoms with Crippen LogP contribution in [0.2, 0.25) is 0 Å². The van der Waals surface area contributed by atoms with E-state index in [0.717, 1.165) is 29.5 Å². The van der Waals surface area contributed by atoms with Gasteiger partial charge in [-0.25, -0.2) is 0 Å². The lowest BCUT2D eigenvalue weighted by molar-refractivity contribution is -0.127. The molecule has 2 amide bonds. The molecular formula is C26H31N3O4S. The third-order valence-corrected chi connectivity index (χ3v) is 8.30. The van der Waals surface area contributed by atoms with Crippen molar-refractivity contribution in [1.82, 2.24) is 9.88 Å². The third kappa shape index (κ3) is 3.55. The molecule has 3 unspecified atom stereocenters. The Morgan fingerprint density at radius 1 is 1.15 bits per heavy atom. The SMILES string of the molecule is COc1ccc(OC)c(N2C(=O)c3cc4sccc4n3CC2(C)C(=O)NC2CCCCC2C)c1. The molecule has 3 aromatic rings. The lowest BCUT2D eigenvalue weighted by atomic mass is 9.84. The maximum Gasteiger partial charge on any atom is 0.276 e. The van der Waals surface area contributed by atoms with Crippen molar-refractivity contribution < 1.29 is 19.1 Å². The number of fused-ring (bicyclic) bond motifs is 3. The highest BCUT2D eigenvalue weighted by Gasteiger charge is 2.50. The van der Waals surface area contributed by atoms with Gasteiger partial charge in [0.2, 0.25) is 5.91 Å². The Labute approximate surface area is 203 Å². The lowest BCUT2D eigenvalue weighted by Crippen LogP contribution is -2.65. The van der Waals surface area contributed by atoms with Crippen LogP contribution in [0.25, 0.3) is 10.2 Å². The molecule has 1 N–H and O–H groups in total. The smallest absolute Gasteiger partial charge is 0.276 e. The van der Waals surface area contributed by atoms with E-state index in [9.17, 15) is 9.59 Å². The summed E-state index contributed by atoms with van der Waals surface area (Å²) in [5, 5.41) is 5.33. The molecular weight excluding hydrogens is 450 g/mol. The second-order valence-electron chi connectivity index (χ2n) is 9.58. The van der Waals surface area contributed by atoms with Crippen molar-refractivity contribution >= 4 is 39.1 Å². The topological polar surface area (TPSA) is 72.8 Å². The Bertz CT molecular complexity index is 1250. The molecule has 2 aromatic heterocycles. The molecule has 8 heteroatoms. The number of thiophene rings is 1. The van der Waals surface area contributed by atoms with Crippen molar-refractivity contribution in [2.24, 2.45) is 5.92 Å². The summed E-state index contributed by atoms with van der Waals surface area (Å²) >= 11 is 1.59. The molecule has 3 heterocycles. The Kier molecular flexibility index (Phi) is 5.80. The zero-order chi connectivity index (χ0) is 24.0. The summed E-state index contributed by atoms with van der Waals surface area (Å²) in [4.78, 5) is 29.7. The largest absolute Gasteiger partial charge is 0.497 e. The first-order valence-electron chi connectivity index (χ1n) is 11.8. The van der Waals surface area contributed by atoms with Gasteiger partial charge in [0.15, 0.2) is 0 Å². The van der Waals surface area contributed by atoms with Crippen LogP contribution in [0, 0.1) is 5.92 Å². The van der Waals surface area contributed by atoms with Gasteiger partial charge in [0.25, 0.3) is 5.91 Å². The molecule has 0 saturated heterocycles. The van der Waals surface area contributed by atoms with Gasteiger partial charge in [-0.15, -0.1) is 11.3 Å². The monoisotopic (exact) mass is 481 g/mol. The fourth-order valence-corrected chi connectivity index (χ4v) is 6.24. The van der Waals surface area contributed by atoms with Crippen molar-refractivity contribution in [2.45, 2.75) is 57.7 Å². The highest BCUT2D eigenvalue weighted by molar-refractivity contribution is 7.17. The van der Waals surface area contributed by atoms with Crippen LogP contribution in [0.5, 0.6) is 11.5 Å². The number of carbonyl (C=O) groups is 2. The van der Waals surface area contributed by atoms with E-state index in [0.29, 0.717) is 35.3 Å². The van der Waals surface area contributed by atoms with Crippen molar-refractivity contribution in [3.05, 3.63) is 41.4 Å². The summed E-state index contributed by atoms with van der Waals surface area (Å²) < 4.78 is 14.1. The van der Waals surface area contributed by atoms with Crippen LogP contribution in [-0.2, 0) is 11.3 Å². The average molecular weight is 482 g/mol. The highest BCUT2D eigenvalue weighted by atomic mass is 32.1. The van der Waals surface area contributed by atoms with E-state index in [-0.39, 0.29) is 17.9 Å². The van der Waals surface area contributed by atoms with Gasteiger partial charge in [-0.1, -0.05) is 19.8 Å². The molecule has 5 rings (SSSR count). The van der Waals surface area contributed by atoms with E-state index in [1.165, 1.54) is 6.42 Å². The van der Waals surface area contributed by atoms with Crippen LogP contribution in [0.1, 0.15) is 50.0 Å². The zero-order valence-electron chi connectivity index (χ0n) is 20.1. The molecule has 1 aliphatic carbocycles. The number of aromatic nitrogens is 1. The van der Waals surface area contributed by atoms with E-state index in [1.807, 2.05) is 29.0 Å². The van der Waals surface area contributed by atoms with E-state index in [1.54, 1.807) is 48.7 Å². The summed E-state index contributed by atoms with van der Waals surface area (Å²) in [5.41, 5.74) is 0.921. The Balaban J connectivity index is 1.64. The van der Waals surface area contributed by atoms with Gasteiger partial charge in [0.05, 0.1) is 36.7 Å². The van der Waals surface area contributed by atoms with E-state index < -0.39 is 5.54 Å². The minimum atomic E-state index is -1.16. The van der Waals surface area contributed by atoms with Gasteiger partial charge in [-0.05, 0) is 55.3 Å². The Hall–Kier alpha value is -3.00. The number of hydrogen-bond acceptors (Lipinski definition) is 5. The zero-order valence-corrected chi connectivity index (χ0v) is 20.9. The van der Waals surface area contributed by atoms with Crippen molar-refractivity contribution in [1.29, 1.82) is 0 Å². The Morgan fingerprint density at radius 2 is 1.94 bits per heavy atom. The van der Waals surface area contributed by atoms with Crippen LogP contribution in [0.4, 0.5) is 5.69 Å². The fraction of sp³-hybridized carbons (Fsp3) is 0.462. The highest BCUT2D eigenvalue weighted by Crippen LogP contribution is 2.42. The molecule has 1 fully saturated rings. The molecule has 1 aromatic carbocycles. The van der Waals surface area contributed by atoms with E-state index >= 15 is 0 Å². The van der Waals surface area contributed by atoms with Gasteiger partial charge >= 0.3 is 0 Å². The minimum Gasteiger partial charge on any atom is -0.497 e. The van der Waals surface area contributed by atoms with Gasteiger partial charge in [0, 0.05) is 12.1 Å². The van der Waals surface area contributed by atoms with Crippen LogP contribution in [-0.4, -0.2) is 42.2 Å². The van der Waals surface area contributed by atoms with Gasteiger partial charge < -0.3 is 19.4 Å². The normalized spacial score (nSPS) is 24.7. The number of anilines is 1. The molecule has 1 aliphatic heterocycles. The molecule has 0 bridgehead atoms. The summed E-state index contributed by atoms with van der Waals surface area (Å²) in [6.07, 6.45) is 4.36. The first-order valence-corrected chi connectivity index (χ1v) is 12.7. The maximum absolute atomic E-state index is 14.1. The summed E-state index contributed by atoms with van der Waals surface area (Å²) in [7, 11) is 3.15. The lowest BCUT2D eigenvalue weighted by Gasteiger charge is -2.45. The predicted molar refractivity (Wildman–Crippen MR) is 134 cm³/mol. The first-order chi connectivity index (χ1) is 16.4. The molecule has 0 spiro atoms. The van der Waals surface area contributed by atoms with Gasteiger partial charge in [-0.3, -0.25) is 14.5 Å². The summed E-state index contributed by atoms with van der Waals surface area (Å²) in [6.45, 7) is 4.40. The van der Waals surface area contributed by atoms with Crippen molar-refractivity contribution in [2.75, 3.05) is 19.1 Å². The molecule has 180 valence electrons. The van der Waals surface area contributed by atoms with Crippen LogP contribution >= 0.6 is 11.3 Å². The van der Waals surface area contributed by atoms with E-state index in [4.69, 9.17) is 9.47 Å². The molecule has 3 atom stereocenters. The number of hydrogen-bond donors (Lipinski definition) is 1. The average Bonchev–Trinajstić information content (AvgIpc) is 3.43. The molecule has 0 radical (unpaired) electrons. The standard InChI is InChI=1S/C26H31N3O4S/c1-16-7-5-6-8-18(16)27-25(31)26(2)15-28-19-11-12-34-23(19)14-21(28)24(30)29(26)20-13-17(32-3)9-10-22(20)33-4/h9-14,16,18H,5-8,15H2,1-4H3,(H,27,31). The van der Waals surface area contributed by atoms with E-state index in [2.05, 4.69) is 12.2 Å². The number of rotatable bonds is 5. The summed E-state index contributed by atoms with van der Waals surface area (Å²) in [6, 6.07) is 9.37. The number of methoxy groups -OCH3 is 2. The summed E-state index contributed by atoms with van der Waals surface area (Å²) in [5.74, 6) is 1.14. The molecule has 7 nitrogen and oxygen atoms in total. The van der Waals surface area contributed by atoms with Crippen molar-refractivity contribution in [3.63, 3.8) is 0 Å². The number of nitrogens with one attached hydrogen (secondary N) is 1. The molecule has 1 saturated carbocycles. The maximum atomic E-state index is 14.1. The second-order valence-corrected chi connectivity index (χ2v) is 10.5. The number of nitrogens with zero attached hydrogens (tertiary/aromatic N) is 2. The first kappa shape index (κ1) is 22.8. The number of carbonyl (C=O) groups excluding carboxylic acids is 2. The number of benzene rings is 1. The predicted octanol–water partition coefficient (Wildman–Crippen LogP) is 4.83.